The van der Waals surface area contributed by atoms with Crippen LogP contribution in [0.25, 0.3) is 0 Å². The van der Waals surface area contributed by atoms with Gasteiger partial charge >= 0.3 is 6.03 Å². The molecule has 1 heterocycles. The fourth-order valence-electron chi connectivity index (χ4n) is 2.62. The molecule has 2 amide bonds. The smallest absolute Gasteiger partial charge is 0.319 e. The number of hydrogen-bond acceptors (Lipinski definition) is 4. The third-order valence-corrected chi connectivity index (χ3v) is 5.06. The minimum absolute atomic E-state index is 0.305. The summed E-state index contributed by atoms with van der Waals surface area (Å²) in [6.07, 6.45) is -0.656. The molecular formula is C21H22N2O3S. The van der Waals surface area contributed by atoms with Crippen LogP contribution in [0.5, 0.6) is 5.75 Å². The van der Waals surface area contributed by atoms with E-state index >= 15 is 0 Å². The lowest BCUT2D eigenvalue weighted by Gasteiger charge is -2.11. The van der Waals surface area contributed by atoms with Crippen molar-refractivity contribution in [2.45, 2.75) is 19.6 Å². The normalized spacial score (nSPS) is 11.6. The summed E-state index contributed by atoms with van der Waals surface area (Å²) in [5, 5.41) is 16.1. The van der Waals surface area contributed by atoms with Crippen molar-refractivity contribution >= 4 is 23.1 Å². The van der Waals surface area contributed by atoms with E-state index in [9.17, 15) is 9.90 Å². The molecule has 1 aromatic heterocycles. The maximum absolute atomic E-state index is 12.2. The minimum atomic E-state index is -0.656. The third-order valence-electron chi connectivity index (χ3n) is 3.93. The van der Waals surface area contributed by atoms with Crippen LogP contribution in [0.2, 0.25) is 0 Å². The van der Waals surface area contributed by atoms with Gasteiger partial charge < -0.3 is 20.5 Å². The van der Waals surface area contributed by atoms with E-state index in [0.717, 1.165) is 15.3 Å². The first-order valence-electron chi connectivity index (χ1n) is 8.75. The van der Waals surface area contributed by atoms with Crippen molar-refractivity contribution in [3.05, 3.63) is 82.0 Å². The number of carbonyl (C=O) groups is 1. The highest BCUT2D eigenvalue weighted by Crippen LogP contribution is 2.28. The number of nitrogens with one attached hydrogen (secondary N) is 2. The van der Waals surface area contributed by atoms with E-state index in [4.69, 9.17) is 4.74 Å². The van der Waals surface area contributed by atoms with Crippen molar-refractivity contribution in [1.29, 1.82) is 0 Å². The van der Waals surface area contributed by atoms with Crippen molar-refractivity contribution in [2.75, 3.05) is 11.9 Å². The number of para-hydroxylation sites is 2. The zero-order chi connectivity index (χ0) is 19.1. The number of rotatable bonds is 7. The highest BCUT2D eigenvalue weighted by Gasteiger charge is 2.13. The molecule has 0 aliphatic carbocycles. The van der Waals surface area contributed by atoms with Gasteiger partial charge in [0.2, 0.25) is 0 Å². The third kappa shape index (κ3) is 5.09. The zero-order valence-corrected chi connectivity index (χ0v) is 15.8. The van der Waals surface area contributed by atoms with Gasteiger partial charge in [-0.1, -0.05) is 42.5 Å². The van der Waals surface area contributed by atoms with Crippen molar-refractivity contribution in [3.63, 3.8) is 0 Å². The predicted molar refractivity (Wildman–Crippen MR) is 108 cm³/mol. The van der Waals surface area contributed by atoms with Crippen LogP contribution in [0.3, 0.4) is 0 Å². The van der Waals surface area contributed by atoms with Gasteiger partial charge in [-0.05, 0) is 36.8 Å². The molecule has 0 radical (unpaired) electrons. The molecule has 0 bridgehead atoms. The van der Waals surface area contributed by atoms with Gasteiger partial charge in [-0.3, -0.25) is 0 Å². The topological polar surface area (TPSA) is 70.6 Å². The second-order valence-electron chi connectivity index (χ2n) is 5.85. The van der Waals surface area contributed by atoms with Crippen molar-refractivity contribution in [1.82, 2.24) is 5.32 Å². The Bertz CT molecular complexity index is 880. The average Bonchev–Trinajstić information content (AvgIpc) is 3.17. The van der Waals surface area contributed by atoms with Gasteiger partial charge in [-0.2, -0.15) is 0 Å². The number of aliphatic hydroxyl groups is 1. The van der Waals surface area contributed by atoms with Crippen LogP contribution in [0.4, 0.5) is 10.5 Å². The Morgan fingerprint density at radius 2 is 1.81 bits per heavy atom. The van der Waals surface area contributed by atoms with Gasteiger partial charge in [0.15, 0.2) is 0 Å². The first kappa shape index (κ1) is 18.9. The van der Waals surface area contributed by atoms with Crippen molar-refractivity contribution in [3.8, 4) is 5.75 Å². The molecule has 140 valence electrons. The van der Waals surface area contributed by atoms with E-state index in [1.165, 1.54) is 11.3 Å². The molecule has 1 atom stereocenters. The zero-order valence-electron chi connectivity index (χ0n) is 15.0. The molecule has 5 nitrogen and oxygen atoms in total. The van der Waals surface area contributed by atoms with Crippen molar-refractivity contribution < 1.29 is 14.6 Å². The Labute approximate surface area is 162 Å². The Morgan fingerprint density at radius 1 is 1.07 bits per heavy atom. The lowest BCUT2D eigenvalue weighted by atomic mass is 10.1. The van der Waals surface area contributed by atoms with Crippen LogP contribution in [0, 0.1) is 0 Å². The molecule has 0 saturated carbocycles. The van der Waals surface area contributed by atoms with Gasteiger partial charge in [0.25, 0.3) is 0 Å². The van der Waals surface area contributed by atoms with Gasteiger partial charge in [0, 0.05) is 9.75 Å². The molecule has 0 aliphatic heterocycles. The van der Waals surface area contributed by atoms with Crippen LogP contribution in [-0.2, 0) is 6.54 Å². The molecule has 1 unspecified atom stereocenters. The molecule has 3 rings (SSSR count). The molecule has 0 saturated heterocycles. The molecule has 0 spiro atoms. The Hall–Kier alpha value is -2.83. The Morgan fingerprint density at radius 3 is 2.59 bits per heavy atom. The van der Waals surface area contributed by atoms with Crippen LogP contribution < -0.4 is 15.4 Å². The summed E-state index contributed by atoms with van der Waals surface area (Å²) < 4.78 is 5.50. The fraction of sp³-hybridized carbons (Fsp3) is 0.190. The Kier molecular flexibility index (Phi) is 6.46. The number of anilines is 1. The summed E-state index contributed by atoms with van der Waals surface area (Å²) in [5.41, 5.74) is 1.48. The van der Waals surface area contributed by atoms with E-state index in [0.29, 0.717) is 24.6 Å². The van der Waals surface area contributed by atoms with Gasteiger partial charge in [-0.25, -0.2) is 4.79 Å². The fourth-order valence-corrected chi connectivity index (χ4v) is 3.59. The van der Waals surface area contributed by atoms with Gasteiger partial charge in [0.05, 0.1) is 18.8 Å². The quantitative estimate of drug-likeness (QED) is 0.561. The van der Waals surface area contributed by atoms with Crippen LogP contribution >= 0.6 is 11.3 Å². The summed E-state index contributed by atoms with van der Waals surface area (Å²) in [5.74, 6) is 0.638. The first-order valence-corrected chi connectivity index (χ1v) is 9.57. The summed E-state index contributed by atoms with van der Waals surface area (Å²) in [6, 6.07) is 20.3. The number of carbonyl (C=O) groups excluding carboxylic acids is 1. The average molecular weight is 382 g/mol. The largest absolute Gasteiger partial charge is 0.492 e. The number of benzene rings is 2. The number of aliphatic hydroxyl groups excluding tert-OH is 1. The van der Waals surface area contributed by atoms with Gasteiger partial charge in [0.1, 0.15) is 11.9 Å². The number of amides is 2. The van der Waals surface area contributed by atoms with E-state index in [2.05, 4.69) is 10.6 Å². The number of hydrogen-bond donors (Lipinski definition) is 3. The summed E-state index contributed by atoms with van der Waals surface area (Å²) in [6.45, 7) is 2.81. The molecule has 0 aliphatic rings. The maximum Gasteiger partial charge on any atom is 0.319 e. The molecule has 3 N–H and O–H groups in total. The van der Waals surface area contributed by atoms with Crippen LogP contribution in [-0.4, -0.2) is 17.7 Å². The Balaban J connectivity index is 1.56. The highest BCUT2D eigenvalue weighted by molar-refractivity contribution is 7.12. The predicted octanol–water partition coefficient (Wildman–Crippen LogP) is 4.55. The van der Waals surface area contributed by atoms with E-state index in [1.54, 1.807) is 6.07 Å². The standard InChI is InChI=1S/C21H22N2O3S/c1-2-26-18-11-7-6-10-17(18)23-21(25)22-14-16-12-13-19(27-16)20(24)15-8-4-3-5-9-15/h3-13,20,24H,2,14H2,1H3,(H2,22,23,25). The highest BCUT2D eigenvalue weighted by atomic mass is 32.1. The SMILES string of the molecule is CCOc1ccccc1NC(=O)NCc1ccc(C(O)c2ccccc2)s1. The number of ether oxygens (including phenoxy) is 1. The van der Waals surface area contributed by atoms with Crippen LogP contribution in [0.1, 0.15) is 28.3 Å². The summed E-state index contributed by atoms with van der Waals surface area (Å²) in [7, 11) is 0. The molecule has 6 heteroatoms. The van der Waals surface area contributed by atoms with E-state index < -0.39 is 6.10 Å². The van der Waals surface area contributed by atoms with Crippen molar-refractivity contribution in [2.24, 2.45) is 0 Å². The van der Waals surface area contributed by atoms with Crippen LogP contribution in [0.15, 0.2) is 66.7 Å². The second-order valence-corrected chi connectivity index (χ2v) is 7.05. The molecule has 0 fully saturated rings. The van der Waals surface area contributed by atoms with E-state index in [-0.39, 0.29) is 6.03 Å². The lowest BCUT2D eigenvalue weighted by Crippen LogP contribution is -2.28. The molecular weight excluding hydrogens is 360 g/mol. The number of thiophene rings is 1. The molecule has 2 aromatic carbocycles. The summed E-state index contributed by atoms with van der Waals surface area (Å²) in [4.78, 5) is 14.0. The monoisotopic (exact) mass is 382 g/mol. The summed E-state index contributed by atoms with van der Waals surface area (Å²) >= 11 is 1.48. The first-order chi connectivity index (χ1) is 13.2. The number of urea groups is 1. The maximum atomic E-state index is 12.2. The molecule has 3 aromatic rings. The lowest BCUT2D eigenvalue weighted by molar-refractivity contribution is 0.224. The second kappa shape index (κ2) is 9.21. The van der Waals surface area contributed by atoms with Gasteiger partial charge in [-0.15, -0.1) is 11.3 Å². The molecule has 27 heavy (non-hydrogen) atoms. The van der Waals surface area contributed by atoms with E-state index in [1.807, 2.05) is 67.6 Å². The minimum Gasteiger partial charge on any atom is -0.492 e.